The molecule has 1 aromatic carbocycles. The maximum absolute atomic E-state index is 13.0. The molecule has 0 saturated carbocycles. The number of carbonyl (C=O) groups is 1. The smallest absolute Gasteiger partial charge is 0.310 e. The lowest BCUT2D eigenvalue weighted by atomic mass is 9.94. The minimum atomic E-state index is -4.46. The molecule has 104 valence electrons. The zero-order valence-corrected chi connectivity index (χ0v) is 10.2. The Hall–Kier alpha value is -2.31. The summed E-state index contributed by atoms with van der Waals surface area (Å²) in [6.07, 6.45) is -3.89. The van der Waals surface area contributed by atoms with Crippen LogP contribution in [-0.4, -0.2) is 21.9 Å². The first-order valence-corrected chi connectivity index (χ1v) is 5.96. The number of halogens is 3. The molecule has 0 fully saturated rings. The van der Waals surface area contributed by atoms with E-state index >= 15 is 0 Å². The van der Waals surface area contributed by atoms with E-state index in [4.69, 9.17) is 0 Å². The molecule has 4 nitrogen and oxygen atoms in total. The van der Waals surface area contributed by atoms with E-state index in [0.29, 0.717) is 5.69 Å². The van der Waals surface area contributed by atoms with Crippen LogP contribution in [0.4, 0.5) is 19.0 Å². The molecule has 0 saturated heterocycles. The van der Waals surface area contributed by atoms with Crippen LogP contribution >= 0.6 is 0 Å². The number of carbonyl (C=O) groups excluding carboxylic acids is 1. The van der Waals surface area contributed by atoms with Gasteiger partial charge in [-0.05, 0) is 12.1 Å². The SMILES string of the molecule is O=C1CC(C(F)(F)F)c2cnn(-c3ccccc3)c2N1. The molecule has 0 spiro atoms. The molecule has 1 aromatic heterocycles. The Bertz CT molecular complexity index is 649. The minimum absolute atomic E-state index is 0.000882. The van der Waals surface area contributed by atoms with Crippen molar-refractivity contribution in [2.24, 2.45) is 0 Å². The Kier molecular flexibility index (Phi) is 2.77. The maximum atomic E-state index is 13.0. The van der Waals surface area contributed by atoms with Gasteiger partial charge >= 0.3 is 6.18 Å². The Labute approximate surface area is 112 Å². The van der Waals surface area contributed by atoms with Crippen LogP contribution in [0.5, 0.6) is 0 Å². The van der Waals surface area contributed by atoms with E-state index in [0.717, 1.165) is 0 Å². The topological polar surface area (TPSA) is 46.9 Å². The predicted molar refractivity (Wildman–Crippen MR) is 65.6 cm³/mol. The average molecular weight is 281 g/mol. The van der Waals surface area contributed by atoms with E-state index in [-0.39, 0.29) is 11.4 Å². The first-order valence-electron chi connectivity index (χ1n) is 5.96. The second kappa shape index (κ2) is 4.36. The normalized spacial score (nSPS) is 18.6. The van der Waals surface area contributed by atoms with Crippen LogP contribution in [0.25, 0.3) is 5.69 Å². The molecule has 2 aromatic rings. The number of nitrogens with zero attached hydrogens (tertiary/aromatic N) is 2. The number of hydrogen-bond donors (Lipinski definition) is 1. The molecule has 3 rings (SSSR count). The van der Waals surface area contributed by atoms with Crippen molar-refractivity contribution in [2.75, 3.05) is 5.32 Å². The number of hydrogen-bond acceptors (Lipinski definition) is 2. The van der Waals surface area contributed by atoms with Crippen molar-refractivity contribution in [1.82, 2.24) is 9.78 Å². The van der Waals surface area contributed by atoms with Crippen molar-refractivity contribution in [1.29, 1.82) is 0 Å². The van der Waals surface area contributed by atoms with Gasteiger partial charge in [-0.1, -0.05) is 18.2 Å². The highest BCUT2D eigenvalue weighted by atomic mass is 19.4. The molecule has 1 N–H and O–H groups in total. The molecule has 1 aliphatic rings. The van der Waals surface area contributed by atoms with E-state index in [1.54, 1.807) is 30.3 Å². The number of alkyl halides is 3. The average Bonchev–Trinajstić information content (AvgIpc) is 2.81. The number of para-hydroxylation sites is 1. The summed E-state index contributed by atoms with van der Waals surface area (Å²) in [6, 6.07) is 8.69. The van der Waals surface area contributed by atoms with Gasteiger partial charge in [-0.2, -0.15) is 18.3 Å². The van der Waals surface area contributed by atoms with Crippen molar-refractivity contribution in [2.45, 2.75) is 18.5 Å². The van der Waals surface area contributed by atoms with E-state index in [2.05, 4.69) is 10.4 Å². The molecule has 1 unspecified atom stereocenters. The molecule has 1 amide bonds. The first-order chi connectivity index (χ1) is 9.47. The zero-order chi connectivity index (χ0) is 14.3. The van der Waals surface area contributed by atoms with Gasteiger partial charge in [0.2, 0.25) is 5.91 Å². The van der Waals surface area contributed by atoms with Gasteiger partial charge < -0.3 is 5.32 Å². The Morgan fingerprint density at radius 2 is 1.95 bits per heavy atom. The van der Waals surface area contributed by atoms with Gasteiger partial charge in [0.1, 0.15) is 5.82 Å². The molecule has 0 radical (unpaired) electrons. The maximum Gasteiger partial charge on any atom is 0.396 e. The summed E-state index contributed by atoms with van der Waals surface area (Å²) in [4.78, 5) is 11.5. The number of amides is 1. The standard InChI is InChI=1S/C13H10F3N3O/c14-13(15,16)10-6-11(20)18-12-9(10)7-17-19(12)8-4-2-1-3-5-8/h1-5,7,10H,6H2,(H,18,20). The molecule has 1 atom stereocenters. The summed E-state index contributed by atoms with van der Waals surface area (Å²) in [7, 11) is 0. The molecule has 2 heterocycles. The van der Waals surface area contributed by atoms with Crippen LogP contribution in [0.2, 0.25) is 0 Å². The highest BCUT2D eigenvalue weighted by Gasteiger charge is 2.46. The Morgan fingerprint density at radius 1 is 1.25 bits per heavy atom. The summed E-state index contributed by atoms with van der Waals surface area (Å²) in [6.45, 7) is 0. The molecule has 20 heavy (non-hydrogen) atoms. The summed E-state index contributed by atoms with van der Waals surface area (Å²) in [5, 5.41) is 6.44. The van der Waals surface area contributed by atoms with Gasteiger partial charge in [0, 0.05) is 12.0 Å². The second-order valence-corrected chi connectivity index (χ2v) is 4.54. The molecule has 0 bridgehead atoms. The highest BCUT2D eigenvalue weighted by molar-refractivity contribution is 5.94. The van der Waals surface area contributed by atoms with Crippen LogP contribution in [0, 0.1) is 0 Å². The van der Waals surface area contributed by atoms with Gasteiger partial charge in [0.15, 0.2) is 0 Å². The van der Waals surface area contributed by atoms with Crippen molar-refractivity contribution in [3.63, 3.8) is 0 Å². The van der Waals surface area contributed by atoms with Crippen LogP contribution in [0.3, 0.4) is 0 Å². The third-order valence-electron chi connectivity index (χ3n) is 3.22. The third kappa shape index (κ3) is 2.04. The number of rotatable bonds is 1. The summed E-state index contributed by atoms with van der Waals surface area (Å²) >= 11 is 0. The molecule has 7 heteroatoms. The fourth-order valence-electron chi connectivity index (χ4n) is 2.28. The lowest BCUT2D eigenvalue weighted by Gasteiger charge is -2.25. The van der Waals surface area contributed by atoms with Gasteiger partial charge in [-0.25, -0.2) is 4.68 Å². The van der Waals surface area contributed by atoms with E-state index in [1.165, 1.54) is 10.9 Å². The summed E-state index contributed by atoms with van der Waals surface area (Å²) in [5.74, 6) is -2.36. The number of aromatic nitrogens is 2. The monoisotopic (exact) mass is 281 g/mol. The number of fused-ring (bicyclic) bond motifs is 1. The number of anilines is 1. The number of nitrogens with one attached hydrogen (secondary N) is 1. The van der Waals surface area contributed by atoms with E-state index in [9.17, 15) is 18.0 Å². The Morgan fingerprint density at radius 3 is 2.60 bits per heavy atom. The summed E-state index contributed by atoms with van der Waals surface area (Å²) in [5.41, 5.74) is 0.595. The van der Waals surface area contributed by atoms with Crippen LogP contribution in [-0.2, 0) is 4.79 Å². The van der Waals surface area contributed by atoms with Gasteiger partial charge in [-0.15, -0.1) is 0 Å². The van der Waals surface area contributed by atoms with Crippen molar-refractivity contribution in [3.05, 3.63) is 42.1 Å². The van der Waals surface area contributed by atoms with Crippen molar-refractivity contribution >= 4 is 11.7 Å². The fourth-order valence-corrected chi connectivity index (χ4v) is 2.28. The zero-order valence-electron chi connectivity index (χ0n) is 10.2. The fraction of sp³-hybridized carbons (Fsp3) is 0.231. The molecular weight excluding hydrogens is 271 g/mol. The van der Waals surface area contributed by atoms with Gasteiger partial charge in [0.05, 0.1) is 17.8 Å². The van der Waals surface area contributed by atoms with Gasteiger partial charge in [0.25, 0.3) is 0 Å². The molecular formula is C13H10F3N3O. The van der Waals surface area contributed by atoms with E-state index < -0.39 is 24.4 Å². The quantitative estimate of drug-likeness (QED) is 0.873. The number of benzene rings is 1. The minimum Gasteiger partial charge on any atom is -0.310 e. The largest absolute Gasteiger partial charge is 0.396 e. The molecule has 0 aliphatic carbocycles. The van der Waals surface area contributed by atoms with E-state index in [1.807, 2.05) is 0 Å². The first kappa shape index (κ1) is 12.7. The highest BCUT2D eigenvalue weighted by Crippen LogP contribution is 2.43. The van der Waals surface area contributed by atoms with Crippen LogP contribution in [0.15, 0.2) is 36.5 Å². The van der Waals surface area contributed by atoms with Crippen molar-refractivity contribution in [3.8, 4) is 5.69 Å². The lowest BCUT2D eigenvalue weighted by molar-refractivity contribution is -0.156. The Balaban J connectivity index is 2.11. The molecule has 1 aliphatic heterocycles. The van der Waals surface area contributed by atoms with Crippen molar-refractivity contribution < 1.29 is 18.0 Å². The lowest BCUT2D eigenvalue weighted by Crippen LogP contribution is -2.31. The summed E-state index contributed by atoms with van der Waals surface area (Å²) < 4.78 is 40.3. The third-order valence-corrected chi connectivity index (χ3v) is 3.22. The van der Waals surface area contributed by atoms with Crippen LogP contribution < -0.4 is 5.32 Å². The second-order valence-electron chi connectivity index (χ2n) is 4.54. The van der Waals surface area contributed by atoms with Crippen LogP contribution in [0.1, 0.15) is 17.9 Å². The predicted octanol–water partition coefficient (Wildman–Crippen LogP) is 2.86. The van der Waals surface area contributed by atoms with Gasteiger partial charge in [-0.3, -0.25) is 4.79 Å².